The van der Waals surface area contributed by atoms with E-state index in [2.05, 4.69) is 0 Å². The van der Waals surface area contributed by atoms with Crippen molar-refractivity contribution in [3.05, 3.63) is 47.0 Å². The summed E-state index contributed by atoms with van der Waals surface area (Å²) in [6.45, 7) is 5.27. The molecule has 0 radical (unpaired) electrons. The average molecular weight is 252 g/mol. The Kier molecular flexibility index (Phi) is 5.78. The molecular weight excluding hydrogens is 234 g/mol. The highest BCUT2D eigenvalue weighted by atomic mass is 35.5. The van der Waals surface area contributed by atoms with Crippen LogP contribution < -0.4 is 0 Å². The van der Waals surface area contributed by atoms with Gasteiger partial charge in [0.2, 0.25) is 5.91 Å². The number of benzene rings is 1. The van der Waals surface area contributed by atoms with Crippen LogP contribution in [-0.4, -0.2) is 17.4 Å². The number of halogens is 1. The van der Waals surface area contributed by atoms with E-state index in [-0.39, 0.29) is 5.91 Å². The fourth-order valence-corrected chi connectivity index (χ4v) is 1.66. The number of amides is 1. The lowest BCUT2D eigenvalue weighted by molar-refractivity contribution is -0.130. The molecule has 2 nitrogen and oxygen atoms in total. The minimum atomic E-state index is 0.153. The summed E-state index contributed by atoms with van der Waals surface area (Å²) in [6.07, 6.45) is 4.25. The molecule has 0 aliphatic carbocycles. The van der Waals surface area contributed by atoms with Gasteiger partial charge in [0.05, 0.1) is 0 Å². The Bertz CT molecular complexity index is 384. The molecule has 0 atom stereocenters. The third kappa shape index (κ3) is 4.61. The molecule has 17 heavy (non-hydrogen) atoms. The highest BCUT2D eigenvalue weighted by Gasteiger charge is 2.10. The number of rotatable bonds is 5. The van der Waals surface area contributed by atoms with Crippen molar-refractivity contribution in [2.75, 3.05) is 6.54 Å². The second-order valence-electron chi connectivity index (χ2n) is 3.81. The number of hydrogen-bond donors (Lipinski definition) is 0. The van der Waals surface area contributed by atoms with E-state index >= 15 is 0 Å². The summed E-state index contributed by atoms with van der Waals surface area (Å²) in [7, 11) is 0. The van der Waals surface area contributed by atoms with Crippen molar-refractivity contribution in [2.24, 2.45) is 0 Å². The van der Waals surface area contributed by atoms with Crippen molar-refractivity contribution in [2.45, 2.75) is 26.8 Å². The molecule has 0 heterocycles. The normalized spacial score (nSPS) is 10.8. The van der Waals surface area contributed by atoms with Gasteiger partial charge in [-0.1, -0.05) is 35.9 Å². The maximum atomic E-state index is 11.9. The van der Waals surface area contributed by atoms with Gasteiger partial charge < -0.3 is 4.90 Å². The minimum Gasteiger partial charge on any atom is -0.338 e. The lowest BCUT2D eigenvalue weighted by Crippen LogP contribution is -2.29. The molecule has 3 heteroatoms. The Morgan fingerprint density at radius 3 is 2.53 bits per heavy atom. The van der Waals surface area contributed by atoms with Crippen LogP contribution in [-0.2, 0) is 11.3 Å². The molecule has 0 saturated carbocycles. The standard InChI is InChI=1S/C14H18ClNO/c1-3-5-6-14(17)16(4-2)11-12-7-9-13(15)10-8-12/h3,5,7-10H,4,6,11H2,1-2H3/b5-3+. The van der Waals surface area contributed by atoms with Gasteiger partial charge in [0.25, 0.3) is 0 Å². The molecule has 1 rings (SSSR count). The molecule has 1 amide bonds. The van der Waals surface area contributed by atoms with Crippen LogP contribution in [0, 0.1) is 0 Å². The van der Waals surface area contributed by atoms with Crippen LogP contribution in [0.4, 0.5) is 0 Å². The lowest BCUT2D eigenvalue weighted by Gasteiger charge is -2.20. The highest BCUT2D eigenvalue weighted by Crippen LogP contribution is 2.12. The average Bonchev–Trinajstić information content (AvgIpc) is 2.35. The van der Waals surface area contributed by atoms with Gasteiger partial charge in [0.15, 0.2) is 0 Å². The van der Waals surface area contributed by atoms with Gasteiger partial charge in [-0.2, -0.15) is 0 Å². The predicted molar refractivity (Wildman–Crippen MR) is 72.0 cm³/mol. The van der Waals surface area contributed by atoms with E-state index in [0.717, 1.165) is 17.1 Å². The zero-order valence-corrected chi connectivity index (χ0v) is 11.1. The Balaban J connectivity index is 2.63. The van der Waals surface area contributed by atoms with Crippen molar-refractivity contribution in [3.63, 3.8) is 0 Å². The van der Waals surface area contributed by atoms with Crippen molar-refractivity contribution in [1.82, 2.24) is 4.90 Å². The molecule has 92 valence electrons. The van der Waals surface area contributed by atoms with Crippen molar-refractivity contribution in [1.29, 1.82) is 0 Å². The highest BCUT2D eigenvalue weighted by molar-refractivity contribution is 6.30. The molecule has 0 bridgehead atoms. The molecule has 0 fully saturated rings. The summed E-state index contributed by atoms with van der Waals surface area (Å²) in [5.41, 5.74) is 1.10. The van der Waals surface area contributed by atoms with Crippen molar-refractivity contribution >= 4 is 17.5 Å². The first-order valence-corrected chi connectivity index (χ1v) is 6.18. The summed E-state index contributed by atoms with van der Waals surface area (Å²) < 4.78 is 0. The van der Waals surface area contributed by atoms with Crippen LogP contribution in [0.3, 0.4) is 0 Å². The van der Waals surface area contributed by atoms with Crippen LogP contribution in [0.1, 0.15) is 25.8 Å². The first-order valence-electron chi connectivity index (χ1n) is 5.80. The third-order valence-electron chi connectivity index (χ3n) is 2.55. The number of hydrogen-bond acceptors (Lipinski definition) is 1. The lowest BCUT2D eigenvalue weighted by atomic mass is 10.2. The van der Waals surface area contributed by atoms with Crippen LogP contribution in [0.5, 0.6) is 0 Å². The Labute approximate surface area is 108 Å². The molecule has 1 aromatic carbocycles. The van der Waals surface area contributed by atoms with Gasteiger partial charge in [-0.3, -0.25) is 4.79 Å². The van der Waals surface area contributed by atoms with Crippen LogP contribution in [0.15, 0.2) is 36.4 Å². The monoisotopic (exact) mass is 251 g/mol. The Morgan fingerprint density at radius 2 is 2.00 bits per heavy atom. The zero-order chi connectivity index (χ0) is 12.7. The van der Waals surface area contributed by atoms with Crippen molar-refractivity contribution < 1.29 is 4.79 Å². The molecule has 0 aromatic heterocycles. The Morgan fingerprint density at radius 1 is 1.35 bits per heavy atom. The molecule has 0 spiro atoms. The van der Waals surface area contributed by atoms with Crippen molar-refractivity contribution in [3.8, 4) is 0 Å². The minimum absolute atomic E-state index is 0.153. The van der Waals surface area contributed by atoms with Crippen LogP contribution in [0.2, 0.25) is 5.02 Å². The third-order valence-corrected chi connectivity index (χ3v) is 2.80. The van der Waals surface area contributed by atoms with Gasteiger partial charge in [0, 0.05) is 24.5 Å². The number of allylic oxidation sites excluding steroid dienone is 1. The molecule has 0 aliphatic rings. The largest absolute Gasteiger partial charge is 0.338 e. The summed E-state index contributed by atoms with van der Waals surface area (Å²) in [6, 6.07) is 7.60. The molecule has 1 aromatic rings. The maximum Gasteiger partial charge on any atom is 0.226 e. The second kappa shape index (κ2) is 7.13. The quantitative estimate of drug-likeness (QED) is 0.732. The van der Waals surface area contributed by atoms with Crippen LogP contribution >= 0.6 is 11.6 Å². The summed E-state index contributed by atoms with van der Waals surface area (Å²) >= 11 is 5.82. The fraction of sp³-hybridized carbons (Fsp3) is 0.357. The van der Waals surface area contributed by atoms with Gasteiger partial charge in [-0.15, -0.1) is 0 Å². The summed E-state index contributed by atoms with van der Waals surface area (Å²) in [4.78, 5) is 13.7. The van der Waals surface area contributed by atoms with E-state index in [1.807, 2.05) is 55.2 Å². The molecular formula is C14H18ClNO. The van der Waals surface area contributed by atoms with Gasteiger partial charge >= 0.3 is 0 Å². The first-order chi connectivity index (χ1) is 8.17. The zero-order valence-electron chi connectivity index (χ0n) is 10.3. The fourth-order valence-electron chi connectivity index (χ4n) is 1.53. The molecule has 0 unspecified atom stereocenters. The van der Waals surface area contributed by atoms with E-state index < -0.39 is 0 Å². The number of carbonyl (C=O) groups is 1. The molecule has 0 saturated heterocycles. The smallest absolute Gasteiger partial charge is 0.226 e. The van der Waals surface area contributed by atoms with Gasteiger partial charge in [-0.05, 0) is 31.5 Å². The summed E-state index contributed by atoms with van der Waals surface area (Å²) in [5.74, 6) is 0.153. The molecule has 0 N–H and O–H groups in total. The number of carbonyl (C=O) groups excluding carboxylic acids is 1. The van der Waals surface area contributed by atoms with E-state index in [0.29, 0.717) is 13.0 Å². The summed E-state index contributed by atoms with van der Waals surface area (Å²) in [5, 5.41) is 0.719. The van der Waals surface area contributed by atoms with E-state index in [4.69, 9.17) is 11.6 Å². The topological polar surface area (TPSA) is 20.3 Å². The second-order valence-corrected chi connectivity index (χ2v) is 4.24. The first kappa shape index (κ1) is 13.8. The Hall–Kier alpha value is -1.28. The predicted octanol–water partition coefficient (Wildman–Crippen LogP) is 3.65. The van der Waals surface area contributed by atoms with E-state index in [9.17, 15) is 4.79 Å². The van der Waals surface area contributed by atoms with E-state index in [1.54, 1.807) is 0 Å². The maximum absolute atomic E-state index is 11.9. The van der Waals surface area contributed by atoms with Gasteiger partial charge in [0.1, 0.15) is 0 Å². The van der Waals surface area contributed by atoms with Gasteiger partial charge in [-0.25, -0.2) is 0 Å². The van der Waals surface area contributed by atoms with E-state index in [1.165, 1.54) is 0 Å². The number of nitrogens with zero attached hydrogens (tertiary/aromatic N) is 1. The SMILES string of the molecule is C/C=C/CC(=O)N(CC)Cc1ccc(Cl)cc1. The molecule has 0 aliphatic heterocycles. The van der Waals surface area contributed by atoms with Crippen LogP contribution in [0.25, 0.3) is 0 Å².